The number of nitrogens with one attached hydrogen (secondary N) is 1. The molecule has 0 aliphatic rings. The van der Waals surface area contributed by atoms with Gasteiger partial charge >= 0.3 is 0 Å². The van der Waals surface area contributed by atoms with Crippen LogP contribution in [0.3, 0.4) is 0 Å². The molecule has 1 aromatic carbocycles. The Morgan fingerprint density at radius 1 is 1.24 bits per heavy atom. The van der Waals surface area contributed by atoms with Crippen LogP contribution < -0.4 is 11.1 Å². The fraction of sp³-hybridized carbons (Fsp3) is 0.176. The van der Waals surface area contributed by atoms with E-state index < -0.39 is 0 Å². The lowest BCUT2D eigenvalue weighted by molar-refractivity contribution is -0.120. The van der Waals surface area contributed by atoms with Gasteiger partial charge in [0.15, 0.2) is 0 Å². The maximum atomic E-state index is 11.9. The van der Waals surface area contributed by atoms with E-state index in [0.717, 1.165) is 16.7 Å². The first-order valence-electron chi connectivity index (χ1n) is 6.71. The molecule has 0 radical (unpaired) electrons. The van der Waals surface area contributed by atoms with Gasteiger partial charge in [-0.25, -0.2) is 0 Å². The smallest absolute Gasteiger partial charge is 0.224 e. The first-order valence-corrected chi connectivity index (χ1v) is 6.71. The van der Waals surface area contributed by atoms with Crippen LogP contribution in [0.1, 0.15) is 16.7 Å². The average Bonchev–Trinajstić information content (AvgIpc) is 2.52. The highest BCUT2D eigenvalue weighted by atomic mass is 16.1. The Morgan fingerprint density at radius 2 is 2.10 bits per heavy atom. The minimum atomic E-state index is -0.0264. The normalized spacial score (nSPS) is 9.57. The van der Waals surface area contributed by atoms with Gasteiger partial charge in [-0.2, -0.15) is 0 Å². The molecule has 0 unspecified atom stereocenters. The Balaban J connectivity index is 1.89. The summed E-state index contributed by atoms with van der Waals surface area (Å²) in [5, 5.41) is 2.89. The molecule has 21 heavy (non-hydrogen) atoms. The summed E-state index contributed by atoms with van der Waals surface area (Å²) in [4.78, 5) is 15.9. The largest absolute Gasteiger partial charge is 0.352 e. The average molecular weight is 279 g/mol. The number of carbonyl (C=O) groups is 1. The predicted molar refractivity (Wildman–Crippen MR) is 82.2 cm³/mol. The van der Waals surface area contributed by atoms with E-state index in [0.29, 0.717) is 19.5 Å². The fourth-order valence-corrected chi connectivity index (χ4v) is 1.86. The monoisotopic (exact) mass is 279 g/mol. The van der Waals surface area contributed by atoms with Gasteiger partial charge in [-0.05, 0) is 29.3 Å². The number of hydrogen-bond acceptors (Lipinski definition) is 3. The molecule has 0 bridgehead atoms. The first kappa shape index (κ1) is 14.8. The van der Waals surface area contributed by atoms with Crippen LogP contribution in [0.5, 0.6) is 0 Å². The quantitative estimate of drug-likeness (QED) is 0.828. The molecule has 1 aromatic heterocycles. The van der Waals surface area contributed by atoms with Crippen molar-refractivity contribution in [1.82, 2.24) is 10.3 Å². The van der Waals surface area contributed by atoms with E-state index in [9.17, 15) is 4.79 Å². The van der Waals surface area contributed by atoms with Gasteiger partial charge in [0, 0.05) is 24.5 Å². The summed E-state index contributed by atoms with van der Waals surface area (Å²) in [5.74, 6) is 5.76. The molecule has 2 aromatic rings. The minimum Gasteiger partial charge on any atom is -0.352 e. The predicted octanol–water partition coefficient (Wildman–Crippen LogP) is 1.25. The highest BCUT2D eigenvalue weighted by Gasteiger charge is 2.03. The number of nitrogens with two attached hydrogens (primary N) is 1. The van der Waals surface area contributed by atoms with Crippen LogP contribution in [-0.4, -0.2) is 17.4 Å². The topological polar surface area (TPSA) is 68.0 Å². The number of aromatic nitrogens is 1. The van der Waals surface area contributed by atoms with E-state index in [1.807, 2.05) is 36.4 Å². The lowest BCUT2D eigenvalue weighted by Crippen LogP contribution is -2.24. The third kappa shape index (κ3) is 5.09. The molecule has 2 rings (SSSR count). The first-order chi connectivity index (χ1) is 10.3. The maximum Gasteiger partial charge on any atom is 0.224 e. The van der Waals surface area contributed by atoms with Crippen molar-refractivity contribution >= 4 is 5.91 Å². The number of nitrogens with zero attached hydrogens (tertiary/aromatic N) is 1. The van der Waals surface area contributed by atoms with Crippen LogP contribution in [-0.2, 0) is 17.8 Å². The number of amides is 1. The Bertz CT molecular complexity index is 656. The second-order valence-electron chi connectivity index (χ2n) is 4.52. The van der Waals surface area contributed by atoms with Gasteiger partial charge in [-0.3, -0.25) is 9.78 Å². The van der Waals surface area contributed by atoms with Crippen molar-refractivity contribution in [1.29, 1.82) is 0 Å². The zero-order valence-corrected chi connectivity index (χ0v) is 11.7. The van der Waals surface area contributed by atoms with Crippen LogP contribution in [0.15, 0.2) is 48.8 Å². The van der Waals surface area contributed by atoms with Crippen molar-refractivity contribution in [2.75, 3.05) is 6.54 Å². The second-order valence-corrected chi connectivity index (χ2v) is 4.52. The fourth-order valence-electron chi connectivity index (χ4n) is 1.86. The van der Waals surface area contributed by atoms with Crippen molar-refractivity contribution in [3.8, 4) is 11.8 Å². The van der Waals surface area contributed by atoms with E-state index in [1.165, 1.54) is 0 Å². The van der Waals surface area contributed by atoms with E-state index in [-0.39, 0.29) is 5.91 Å². The van der Waals surface area contributed by atoms with Gasteiger partial charge < -0.3 is 11.1 Å². The number of rotatable bonds is 4. The SMILES string of the molecule is NCC#Cc1cccc(CNC(=O)Cc2cccnc2)c1. The van der Waals surface area contributed by atoms with Crippen molar-refractivity contribution in [2.45, 2.75) is 13.0 Å². The Hall–Kier alpha value is -2.64. The molecule has 3 N–H and O–H groups in total. The molecule has 4 nitrogen and oxygen atoms in total. The molecule has 0 spiro atoms. The Labute approximate surface area is 124 Å². The van der Waals surface area contributed by atoms with Crippen molar-refractivity contribution in [3.63, 3.8) is 0 Å². The molecular weight excluding hydrogens is 262 g/mol. The summed E-state index contributed by atoms with van der Waals surface area (Å²) in [6.45, 7) is 0.823. The molecule has 0 atom stereocenters. The third-order valence-corrected chi connectivity index (χ3v) is 2.84. The van der Waals surface area contributed by atoms with Gasteiger partial charge in [0.05, 0.1) is 13.0 Å². The highest BCUT2D eigenvalue weighted by molar-refractivity contribution is 5.78. The standard InChI is InChI=1S/C17H17N3O/c18-8-2-6-14-4-1-5-15(10-14)13-20-17(21)11-16-7-3-9-19-12-16/h1,3-5,7,9-10,12H,8,11,13,18H2,(H,20,21). The summed E-state index contributed by atoms with van der Waals surface area (Å²) in [6, 6.07) is 11.5. The number of pyridine rings is 1. The summed E-state index contributed by atoms with van der Waals surface area (Å²) >= 11 is 0. The van der Waals surface area contributed by atoms with Crippen molar-refractivity contribution in [2.24, 2.45) is 5.73 Å². The lowest BCUT2D eigenvalue weighted by atomic mass is 10.1. The van der Waals surface area contributed by atoms with Crippen LogP contribution >= 0.6 is 0 Å². The molecule has 4 heteroatoms. The van der Waals surface area contributed by atoms with Gasteiger partial charge in [-0.15, -0.1) is 0 Å². The minimum absolute atomic E-state index is 0.0264. The zero-order chi connectivity index (χ0) is 14.9. The van der Waals surface area contributed by atoms with Crippen molar-refractivity contribution in [3.05, 3.63) is 65.5 Å². The molecule has 1 heterocycles. The summed E-state index contributed by atoms with van der Waals surface area (Å²) in [7, 11) is 0. The van der Waals surface area contributed by atoms with Gasteiger partial charge in [0.2, 0.25) is 5.91 Å². The Morgan fingerprint density at radius 3 is 2.86 bits per heavy atom. The molecule has 1 amide bonds. The zero-order valence-electron chi connectivity index (χ0n) is 11.7. The van der Waals surface area contributed by atoms with E-state index in [2.05, 4.69) is 22.1 Å². The number of hydrogen-bond donors (Lipinski definition) is 2. The maximum absolute atomic E-state index is 11.9. The molecular formula is C17H17N3O. The Kier molecular flexibility index (Phi) is 5.50. The molecule has 0 aliphatic heterocycles. The third-order valence-electron chi connectivity index (χ3n) is 2.84. The molecule has 0 saturated heterocycles. The molecule has 0 fully saturated rings. The van der Waals surface area contributed by atoms with Crippen molar-refractivity contribution < 1.29 is 4.79 Å². The van der Waals surface area contributed by atoms with Gasteiger partial charge in [-0.1, -0.05) is 30.0 Å². The second kappa shape index (κ2) is 7.83. The van der Waals surface area contributed by atoms with Crippen LogP contribution in [0.25, 0.3) is 0 Å². The van der Waals surface area contributed by atoms with E-state index in [1.54, 1.807) is 12.4 Å². The molecule has 0 saturated carbocycles. The van der Waals surface area contributed by atoms with Gasteiger partial charge in [0.1, 0.15) is 0 Å². The van der Waals surface area contributed by atoms with Gasteiger partial charge in [0.25, 0.3) is 0 Å². The molecule has 106 valence electrons. The number of carbonyl (C=O) groups excluding carboxylic acids is 1. The van der Waals surface area contributed by atoms with E-state index >= 15 is 0 Å². The summed E-state index contributed by atoms with van der Waals surface area (Å²) < 4.78 is 0. The number of benzene rings is 1. The molecule has 0 aliphatic carbocycles. The summed E-state index contributed by atoms with van der Waals surface area (Å²) in [5.41, 5.74) is 8.17. The van der Waals surface area contributed by atoms with Crippen LogP contribution in [0.2, 0.25) is 0 Å². The van der Waals surface area contributed by atoms with E-state index in [4.69, 9.17) is 5.73 Å². The summed E-state index contributed by atoms with van der Waals surface area (Å²) in [6.07, 6.45) is 3.72. The van der Waals surface area contributed by atoms with Crippen LogP contribution in [0, 0.1) is 11.8 Å². The highest BCUT2D eigenvalue weighted by Crippen LogP contribution is 2.04. The lowest BCUT2D eigenvalue weighted by Gasteiger charge is -2.06. The van der Waals surface area contributed by atoms with Crippen LogP contribution in [0.4, 0.5) is 0 Å².